The highest BCUT2D eigenvalue weighted by Crippen LogP contribution is 2.28. The van der Waals surface area contributed by atoms with E-state index in [-0.39, 0.29) is 11.8 Å². The zero-order valence-corrected chi connectivity index (χ0v) is 19.3. The number of aryl methyl sites for hydroxylation is 1. The molecule has 0 aliphatic carbocycles. The number of ether oxygens (including phenoxy) is 1. The summed E-state index contributed by atoms with van der Waals surface area (Å²) >= 11 is 6.01. The van der Waals surface area contributed by atoms with Crippen LogP contribution in [0.2, 0.25) is 5.02 Å². The Labute approximate surface area is 201 Å². The highest BCUT2D eigenvalue weighted by molar-refractivity contribution is 6.30. The first-order valence-electron chi connectivity index (χ1n) is 10.5. The van der Waals surface area contributed by atoms with Gasteiger partial charge in [0, 0.05) is 48.2 Å². The number of hydrogen-bond donors (Lipinski definition) is 2. The number of anilines is 1. The molecule has 0 bridgehead atoms. The molecule has 0 saturated heterocycles. The standard InChI is InChI=1S/C25H22ClN5O3/c1-16-21(25(33)28-13-17-5-3-6-19(26)11-17)7-4-8-22(16)34-20-9-10-27-23(12-20)30-24(32)18-14-29-31(2)15-18/h3-12,14-15H,13H2,1-2H3,(H,28,33)(H,27,30,32). The summed E-state index contributed by atoms with van der Waals surface area (Å²) in [5.74, 6) is 0.774. The molecule has 0 atom stereocenters. The molecule has 0 aliphatic rings. The number of amides is 2. The number of aromatic nitrogens is 3. The van der Waals surface area contributed by atoms with Gasteiger partial charge in [0.15, 0.2) is 0 Å². The Morgan fingerprint density at radius 1 is 1.09 bits per heavy atom. The second-order valence-corrected chi connectivity index (χ2v) is 8.01. The molecule has 2 aromatic heterocycles. The molecule has 0 spiro atoms. The monoisotopic (exact) mass is 475 g/mol. The number of halogens is 1. The molecule has 0 aliphatic heterocycles. The molecule has 2 amide bonds. The first-order valence-corrected chi connectivity index (χ1v) is 10.8. The second kappa shape index (κ2) is 10.2. The number of hydrogen-bond acceptors (Lipinski definition) is 5. The van der Waals surface area contributed by atoms with Crippen LogP contribution in [-0.2, 0) is 13.6 Å². The van der Waals surface area contributed by atoms with Gasteiger partial charge in [0.2, 0.25) is 0 Å². The molecule has 2 heterocycles. The van der Waals surface area contributed by atoms with E-state index in [2.05, 4.69) is 20.7 Å². The van der Waals surface area contributed by atoms with E-state index >= 15 is 0 Å². The van der Waals surface area contributed by atoms with Crippen LogP contribution in [0.25, 0.3) is 0 Å². The van der Waals surface area contributed by atoms with E-state index in [4.69, 9.17) is 16.3 Å². The van der Waals surface area contributed by atoms with E-state index in [1.807, 2.05) is 25.1 Å². The van der Waals surface area contributed by atoms with Gasteiger partial charge in [-0.2, -0.15) is 5.10 Å². The van der Waals surface area contributed by atoms with Crippen molar-refractivity contribution in [3.63, 3.8) is 0 Å². The topological polar surface area (TPSA) is 98.1 Å². The predicted octanol–water partition coefficient (Wildman–Crippen LogP) is 4.75. The fourth-order valence-corrected chi connectivity index (χ4v) is 3.51. The van der Waals surface area contributed by atoms with E-state index in [1.165, 1.54) is 12.4 Å². The molecular weight excluding hydrogens is 454 g/mol. The van der Waals surface area contributed by atoms with Gasteiger partial charge in [-0.05, 0) is 42.8 Å². The van der Waals surface area contributed by atoms with Crippen LogP contribution >= 0.6 is 11.6 Å². The number of nitrogens with one attached hydrogen (secondary N) is 2. The molecule has 4 rings (SSSR count). The molecule has 4 aromatic rings. The van der Waals surface area contributed by atoms with Gasteiger partial charge in [-0.15, -0.1) is 0 Å². The zero-order chi connectivity index (χ0) is 24.1. The van der Waals surface area contributed by atoms with Crippen LogP contribution in [0.5, 0.6) is 11.5 Å². The molecule has 0 unspecified atom stereocenters. The van der Waals surface area contributed by atoms with Gasteiger partial charge in [0.1, 0.15) is 17.3 Å². The summed E-state index contributed by atoms with van der Waals surface area (Å²) in [5, 5.41) is 10.2. The maximum Gasteiger partial charge on any atom is 0.260 e. The minimum Gasteiger partial charge on any atom is -0.457 e. The van der Waals surface area contributed by atoms with Crippen LogP contribution in [0, 0.1) is 6.92 Å². The maximum atomic E-state index is 12.8. The Balaban J connectivity index is 1.45. The van der Waals surface area contributed by atoms with Crippen LogP contribution in [0.4, 0.5) is 5.82 Å². The van der Waals surface area contributed by atoms with Crippen molar-refractivity contribution in [1.29, 1.82) is 0 Å². The molecule has 34 heavy (non-hydrogen) atoms. The van der Waals surface area contributed by atoms with E-state index < -0.39 is 0 Å². The molecule has 0 radical (unpaired) electrons. The van der Waals surface area contributed by atoms with Crippen molar-refractivity contribution < 1.29 is 14.3 Å². The number of pyridine rings is 1. The maximum absolute atomic E-state index is 12.8. The minimum atomic E-state index is -0.327. The van der Waals surface area contributed by atoms with E-state index in [0.717, 1.165) is 5.56 Å². The smallest absolute Gasteiger partial charge is 0.260 e. The van der Waals surface area contributed by atoms with Gasteiger partial charge < -0.3 is 15.4 Å². The fourth-order valence-electron chi connectivity index (χ4n) is 3.29. The third kappa shape index (κ3) is 5.60. The lowest BCUT2D eigenvalue weighted by Crippen LogP contribution is -2.23. The van der Waals surface area contributed by atoms with Crippen LogP contribution in [0.1, 0.15) is 31.8 Å². The predicted molar refractivity (Wildman–Crippen MR) is 129 cm³/mol. The first-order chi connectivity index (χ1) is 16.4. The molecule has 0 saturated carbocycles. The second-order valence-electron chi connectivity index (χ2n) is 7.58. The summed E-state index contributed by atoms with van der Waals surface area (Å²) < 4.78 is 7.55. The summed E-state index contributed by atoms with van der Waals surface area (Å²) in [6, 6.07) is 15.9. The third-order valence-electron chi connectivity index (χ3n) is 5.04. The number of nitrogens with zero attached hydrogens (tertiary/aromatic N) is 3. The van der Waals surface area contributed by atoms with Gasteiger partial charge in [0.05, 0.1) is 11.8 Å². The minimum absolute atomic E-state index is 0.220. The Bertz CT molecular complexity index is 1350. The van der Waals surface area contributed by atoms with Crippen molar-refractivity contribution in [3.05, 3.63) is 100 Å². The summed E-state index contributed by atoms with van der Waals surface area (Å²) in [5.41, 5.74) is 2.51. The summed E-state index contributed by atoms with van der Waals surface area (Å²) in [6.45, 7) is 2.17. The van der Waals surface area contributed by atoms with Crippen LogP contribution in [-0.4, -0.2) is 26.6 Å². The van der Waals surface area contributed by atoms with Gasteiger partial charge in [-0.3, -0.25) is 14.3 Å². The number of carbonyl (C=O) groups is 2. The average Bonchev–Trinajstić information content (AvgIpc) is 3.26. The summed E-state index contributed by atoms with van der Waals surface area (Å²) in [4.78, 5) is 29.3. The van der Waals surface area contributed by atoms with Crippen molar-refractivity contribution in [2.45, 2.75) is 13.5 Å². The lowest BCUT2D eigenvalue weighted by atomic mass is 10.1. The van der Waals surface area contributed by atoms with E-state index in [9.17, 15) is 9.59 Å². The van der Waals surface area contributed by atoms with Gasteiger partial charge >= 0.3 is 0 Å². The molecular formula is C25H22ClN5O3. The molecule has 9 heteroatoms. The number of carbonyl (C=O) groups excluding carboxylic acids is 2. The van der Waals surface area contributed by atoms with Gasteiger partial charge in [-0.1, -0.05) is 29.8 Å². The number of rotatable bonds is 7. The van der Waals surface area contributed by atoms with Crippen molar-refractivity contribution in [1.82, 2.24) is 20.1 Å². The van der Waals surface area contributed by atoms with Crippen molar-refractivity contribution in [2.75, 3.05) is 5.32 Å². The highest BCUT2D eigenvalue weighted by atomic mass is 35.5. The summed E-state index contributed by atoms with van der Waals surface area (Å²) in [6.07, 6.45) is 4.62. The quantitative estimate of drug-likeness (QED) is 0.402. The van der Waals surface area contributed by atoms with Gasteiger partial charge in [0.25, 0.3) is 11.8 Å². The van der Waals surface area contributed by atoms with Crippen LogP contribution in [0.3, 0.4) is 0 Å². The largest absolute Gasteiger partial charge is 0.457 e. The average molecular weight is 476 g/mol. The Kier molecular flexibility index (Phi) is 6.89. The lowest BCUT2D eigenvalue weighted by molar-refractivity contribution is 0.0949. The zero-order valence-electron chi connectivity index (χ0n) is 18.6. The normalized spacial score (nSPS) is 10.6. The van der Waals surface area contributed by atoms with E-state index in [1.54, 1.807) is 54.3 Å². The number of benzene rings is 2. The highest BCUT2D eigenvalue weighted by Gasteiger charge is 2.14. The molecule has 0 fully saturated rings. The van der Waals surface area contributed by atoms with Crippen molar-refractivity contribution >= 4 is 29.2 Å². The van der Waals surface area contributed by atoms with E-state index in [0.29, 0.717) is 45.6 Å². The summed E-state index contributed by atoms with van der Waals surface area (Å²) in [7, 11) is 1.73. The Morgan fingerprint density at radius 3 is 2.68 bits per heavy atom. The third-order valence-corrected chi connectivity index (χ3v) is 5.27. The Hall–Kier alpha value is -4.17. The van der Waals surface area contributed by atoms with Crippen LogP contribution in [0.15, 0.2) is 73.2 Å². The first kappa shape index (κ1) is 23.0. The van der Waals surface area contributed by atoms with Crippen molar-refractivity contribution in [2.24, 2.45) is 7.05 Å². The SMILES string of the molecule is Cc1c(Oc2ccnc(NC(=O)c3cnn(C)c3)c2)cccc1C(=O)NCc1cccc(Cl)c1. The fraction of sp³-hybridized carbons (Fsp3) is 0.120. The molecule has 8 nitrogen and oxygen atoms in total. The lowest BCUT2D eigenvalue weighted by Gasteiger charge is -2.13. The molecule has 2 N–H and O–H groups in total. The van der Waals surface area contributed by atoms with Crippen LogP contribution < -0.4 is 15.4 Å². The van der Waals surface area contributed by atoms with Gasteiger partial charge in [-0.25, -0.2) is 4.98 Å². The van der Waals surface area contributed by atoms with Crippen molar-refractivity contribution in [3.8, 4) is 11.5 Å². The Morgan fingerprint density at radius 2 is 1.91 bits per heavy atom. The molecule has 2 aromatic carbocycles. The molecule has 172 valence electrons.